The first-order valence-electron chi connectivity index (χ1n) is 12.1. The second-order valence-corrected chi connectivity index (χ2v) is 12.1. The number of hydrogen-bond acceptors (Lipinski definition) is 9. The number of aliphatic carboxylic acids is 1. The van der Waals surface area contributed by atoms with Gasteiger partial charge in [0.2, 0.25) is 5.16 Å². The Labute approximate surface area is 262 Å². The minimum atomic E-state index is -4.35. The molecule has 0 aliphatic carbocycles. The number of methoxy groups -OCH3 is 3. The quantitative estimate of drug-likeness (QED) is 0.251. The molecule has 0 saturated carbocycles. The molecular formula is C27H29N3NaO8S2. The van der Waals surface area contributed by atoms with Crippen LogP contribution in [0, 0.1) is 13.8 Å². The van der Waals surface area contributed by atoms with E-state index in [9.17, 15) is 17.4 Å². The van der Waals surface area contributed by atoms with Gasteiger partial charge in [-0.25, -0.2) is 17.4 Å². The van der Waals surface area contributed by atoms with Crippen LogP contribution < -0.4 is 14.2 Å². The van der Waals surface area contributed by atoms with Crippen molar-refractivity contribution in [1.29, 1.82) is 0 Å². The van der Waals surface area contributed by atoms with Gasteiger partial charge in [0.25, 0.3) is 10.0 Å². The van der Waals surface area contributed by atoms with Crippen molar-refractivity contribution >= 4 is 67.4 Å². The SMILES string of the molecule is COc1ccc2c(c1)nc(S(=O)Cc1ncc(C)c(OC)c1C)n2S(=O)(=O)c1ccc(OC)c(CCC(=O)O)c1.[Na]. The zero-order valence-corrected chi connectivity index (χ0v) is 27.3. The fourth-order valence-corrected chi connectivity index (χ4v) is 7.48. The van der Waals surface area contributed by atoms with Crippen LogP contribution in [-0.2, 0) is 37.8 Å². The number of carbonyl (C=O) groups is 1. The Morgan fingerprint density at radius 3 is 2.41 bits per heavy atom. The first-order chi connectivity index (χ1) is 19.0. The predicted octanol–water partition coefficient (Wildman–Crippen LogP) is 3.26. The number of carboxylic acids is 1. The van der Waals surface area contributed by atoms with E-state index in [-0.39, 0.29) is 69.2 Å². The van der Waals surface area contributed by atoms with Gasteiger partial charge < -0.3 is 19.3 Å². The van der Waals surface area contributed by atoms with Gasteiger partial charge in [0.15, 0.2) is 0 Å². The molecular weight excluding hydrogens is 581 g/mol. The van der Waals surface area contributed by atoms with E-state index >= 15 is 0 Å². The third-order valence-electron chi connectivity index (χ3n) is 6.41. The Morgan fingerprint density at radius 1 is 1.05 bits per heavy atom. The summed E-state index contributed by atoms with van der Waals surface area (Å²) in [5.41, 5.74) is 2.88. The van der Waals surface area contributed by atoms with Crippen molar-refractivity contribution in [2.45, 2.75) is 42.5 Å². The first-order valence-corrected chi connectivity index (χ1v) is 14.9. The molecule has 4 aromatic rings. The molecule has 2 aromatic carbocycles. The van der Waals surface area contributed by atoms with E-state index in [0.717, 1.165) is 9.54 Å². The largest absolute Gasteiger partial charge is 0.497 e. The van der Waals surface area contributed by atoms with Gasteiger partial charge in [0.05, 0.1) is 59.5 Å². The fourth-order valence-electron chi connectivity index (χ4n) is 4.38. The second kappa shape index (κ2) is 13.3. The molecule has 2 aromatic heterocycles. The summed E-state index contributed by atoms with van der Waals surface area (Å²) in [5.74, 6) is 0.289. The van der Waals surface area contributed by atoms with E-state index in [0.29, 0.717) is 34.1 Å². The number of pyridine rings is 1. The normalized spacial score (nSPS) is 12.0. The van der Waals surface area contributed by atoms with Crippen LogP contribution in [0.2, 0.25) is 0 Å². The summed E-state index contributed by atoms with van der Waals surface area (Å²) in [7, 11) is -1.87. The van der Waals surface area contributed by atoms with Crippen LogP contribution in [-0.4, -0.2) is 88.5 Å². The average molecular weight is 611 g/mol. The predicted molar refractivity (Wildman–Crippen MR) is 154 cm³/mol. The van der Waals surface area contributed by atoms with E-state index in [2.05, 4.69) is 9.97 Å². The number of ether oxygens (including phenoxy) is 3. The Hall–Kier alpha value is -2.97. The Bertz CT molecular complexity index is 1740. The van der Waals surface area contributed by atoms with Crippen molar-refractivity contribution in [2.24, 2.45) is 0 Å². The molecule has 41 heavy (non-hydrogen) atoms. The summed E-state index contributed by atoms with van der Waals surface area (Å²) in [6.45, 7) is 3.64. The second-order valence-electron chi connectivity index (χ2n) is 8.92. The van der Waals surface area contributed by atoms with Crippen LogP contribution >= 0.6 is 0 Å². The van der Waals surface area contributed by atoms with Crippen LogP contribution in [0.25, 0.3) is 11.0 Å². The maximum absolute atomic E-state index is 14.1. The maximum Gasteiger partial charge on any atom is 0.303 e. The summed E-state index contributed by atoms with van der Waals surface area (Å²) in [6, 6.07) is 8.88. The van der Waals surface area contributed by atoms with Gasteiger partial charge in [0.1, 0.15) is 17.2 Å². The van der Waals surface area contributed by atoms with Gasteiger partial charge in [-0.2, -0.15) is 0 Å². The molecule has 11 nitrogen and oxygen atoms in total. The molecule has 1 N–H and O–H groups in total. The van der Waals surface area contributed by atoms with Crippen molar-refractivity contribution in [3.8, 4) is 17.2 Å². The molecule has 0 aliphatic heterocycles. The maximum atomic E-state index is 14.1. The van der Waals surface area contributed by atoms with E-state index in [4.69, 9.17) is 19.3 Å². The number of hydrogen-bond donors (Lipinski definition) is 1. The van der Waals surface area contributed by atoms with Crippen molar-refractivity contribution in [1.82, 2.24) is 13.9 Å². The average Bonchev–Trinajstić information content (AvgIpc) is 3.33. The molecule has 1 atom stereocenters. The molecule has 0 saturated heterocycles. The minimum absolute atomic E-state index is 0. The topological polar surface area (TPSA) is 147 Å². The third-order valence-corrected chi connectivity index (χ3v) is 9.44. The van der Waals surface area contributed by atoms with Gasteiger partial charge in [-0.05, 0) is 56.2 Å². The number of rotatable bonds is 11. The van der Waals surface area contributed by atoms with Crippen molar-refractivity contribution in [3.05, 3.63) is 65.0 Å². The molecule has 0 aliphatic rings. The zero-order valence-electron chi connectivity index (χ0n) is 23.6. The third kappa shape index (κ3) is 6.59. The number of carboxylic acid groups (broad SMARTS) is 1. The minimum Gasteiger partial charge on any atom is -0.497 e. The first kappa shape index (κ1) is 32.5. The summed E-state index contributed by atoms with van der Waals surface area (Å²) >= 11 is 0. The van der Waals surface area contributed by atoms with Gasteiger partial charge in [-0.1, -0.05) is 0 Å². The molecule has 1 radical (unpaired) electrons. The molecule has 0 amide bonds. The molecule has 14 heteroatoms. The standard InChI is InChI=1S/C27H29N3O8S2.Na/c1-16-14-28-22(17(2)26(16)38-5)15-39(33)27-29-21-13-19(36-3)7-9-23(21)30(27)40(34,35)20-8-10-24(37-4)18(12-20)6-11-25(31)32;/h7-10,12-14H,6,11,15H2,1-5H3,(H,31,32);. The molecule has 0 bridgehead atoms. The number of aromatic nitrogens is 3. The molecule has 213 valence electrons. The van der Waals surface area contributed by atoms with Crippen molar-refractivity contribution in [2.75, 3.05) is 21.3 Å². The summed E-state index contributed by atoms with van der Waals surface area (Å²) in [5, 5.41) is 8.95. The van der Waals surface area contributed by atoms with Gasteiger partial charge in [-0.3, -0.25) is 14.0 Å². The van der Waals surface area contributed by atoms with Gasteiger partial charge in [-0.15, -0.1) is 0 Å². The van der Waals surface area contributed by atoms with Crippen LogP contribution in [0.5, 0.6) is 17.2 Å². The number of imidazole rings is 1. The Balaban J connectivity index is 0.00000462. The van der Waals surface area contributed by atoms with Crippen molar-refractivity contribution < 1.29 is 36.7 Å². The molecule has 0 spiro atoms. The van der Waals surface area contributed by atoms with Crippen LogP contribution in [0.1, 0.15) is 28.8 Å². The zero-order chi connectivity index (χ0) is 29.2. The fraction of sp³-hybridized carbons (Fsp3) is 0.296. The Kier molecular flexibility index (Phi) is 10.6. The summed E-state index contributed by atoms with van der Waals surface area (Å²) in [6.07, 6.45) is 1.46. The van der Waals surface area contributed by atoms with E-state index in [1.165, 1.54) is 45.6 Å². The summed E-state index contributed by atoms with van der Waals surface area (Å²) < 4.78 is 59.0. The van der Waals surface area contributed by atoms with E-state index in [1.54, 1.807) is 25.3 Å². The Morgan fingerprint density at radius 2 is 1.78 bits per heavy atom. The number of benzene rings is 2. The summed E-state index contributed by atoms with van der Waals surface area (Å²) in [4.78, 5) is 19.9. The van der Waals surface area contributed by atoms with E-state index in [1.807, 2.05) is 6.92 Å². The monoisotopic (exact) mass is 610 g/mol. The van der Waals surface area contributed by atoms with Crippen LogP contribution in [0.3, 0.4) is 0 Å². The molecule has 1 unspecified atom stereocenters. The van der Waals surface area contributed by atoms with Crippen LogP contribution in [0.4, 0.5) is 0 Å². The smallest absolute Gasteiger partial charge is 0.303 e. The van der Waals surface area contributed by atoms with Gasteiger partial charge >= 0.3 is 5.97 Å². The number of aryl methyl sites for hydroxylation is 2. The number of nitrogens with zero attached hydrogens (tertiary/aromatic N) is 3. The van der Waals surface area contributed by atoms with Crippen LogP contribution in [0.15, 0.2) is 52.6 Å². The molecule has 2 heterocycles. The number of fused-ring (bicyclic) bond motifs is 1. The van der Waals surface area contributed by atoms with Gasteiger partial charge in [0, 0.05) is 59.4 Å². The molecule has 0 fully saturated rings. The molecule has 4 rings (SSSR count). The van der Waals surface area contributed by atoms with Crippen molar-refractivity contribution in [3.63, 3.8) is 0 Å². The van der Waals surface area contributed by atoms with E-state index < -0.39 is 26.8 Å².